The molecular formula is C21H21OP. The van der Waals surface area contributed by atoms with Gasteiger partial charge in [0.05, 0.1) is 7.11 Å². The summed E-state index contributed by atoms with van der Waals surface area (Å²) in [4.78, 5) is 0. The zero-order valence-electron chi connectivity index (χ0n) is 13.5. The zero-order chi connectivity index (χ0) is 16.1. The Morgan fingerprint density at radius 3 is 2.13 bits per heavy atom. The third-order valence-corrected chi connectivity index (χ3v) is 5.57. The predicted molar refractivity (Wildman–Crippen MR) is 101 cm³/mol. The molecule has 0 spiro atoms. The minimum atomic E-state index is 0.699. The summed E-state index contributed by atoms with van der Waals surface area (Å²) in [6, 6.07) is 25.8. The van der Waals surface area contributed by atoms with E-state index < -0.39 is 0 Å². The second-order valence-electron chi connectivity index (χ2n) is 5.62. The van der Waals surface area contributed by atoms with E-state index >= 15 is 0 Å². The van der Waals surface area contributed by atoms with Crippen LogP contribution < -0.4 is 15.3 Å². The van der Waals surface area contributed by atoms with Gasteiger partial charge in [0.2, 0.25) is 0 Å². The molecule has 1 unspecified atom stereocenters. The van der Waals surface area contributed by atoms with Gasteiger partial charge in [0.1, 0.15) is 5.75 Å². The van der Waals surface area contributed by atoms with Crippen molar-refractivity contribution in [2.45, 2.75) is 13.3 Å². The third-order valence-electron chi connectivity index (χ3n) is 3.99. The van der Waals surface area contributed by atoms with Crippen LogP contribution in [0.2, 0.25) is 0 Å². The van der Waals surface area contributed by atoms with Gasteiger partial charge in [-0.15, -0.1) is 0 Å². The van der Waals surface area contributed by atoms with E-state index in [-0.39, 0.29) is 0 Å². The fourth-order valence-electron chi connectivity index (χ4n) is 2.62. The van der Waals surface area contributed by atoms with E-state index in [9.17, 15) is 0 Å². The van der Waals surface area contributed by atoms with Crippen LogP contribution in [0.5, 0.6) is 5.75 Å². The maximum Gasteiger partial charge on any atom is 0.118 e. The zero-order valence-corrected chi connectivity index (χ0v) is 14.5. The molecule has 0 saturated carbocycles. The quantitative estimate of drug-likeness (QED) is 0.640. The number of methoxy groups -OCH3 is 1. The summed E-state index contributed by atoms with van der Waals surface area (Å²) < 4.78 is 5.24. The van der Waals surface area contributed by atoms with Gasteiger partial charge in [0.25, 0.3) is 0 Å². The number of benzene rings is 3. The molecule has 1 nitrogen and oxygen atoms in total. The van der Waals surface area contributed by atoms with Crippen molar-refractivity contribution in [1.29, 1.82) is 0 Å². The van der Waals surface area contributed by atoms with Crippen LogP contribution in [0.4, 0.5) is 0 Å². The molecule has 3 aromatic carbocycles. The molecule has 0 N–H and O–H groups in total. The molecule has 0 aliphatic rings. The van der Waals surface area contributed by atoms with Gasteiger partial charge in [-0.1, -0.05) is 69.2 Å². The number of ether oxygens (including phenoxy) is 1. The lowest BCUT2D eigenvalue weighted by atomic mass is 10.1. The SMILES string of the molecule is COc1ccc(Cc2ccccc2Pc2ccccc2C)cc1. The molecule has 3 aromatic rings. The Labute approximate surface area is 140 Å². The van der Waals surface area contributed by atoms with E-state index in [0.29, 0.717) is 8.58 Å². The maximum absolute atomic E-state index is 5.24. The first-order valence-corrected chi connectivity index (χ1v) is 8.80. The highest BCUT2D eigenvalue weighted by molar-refractivity contribution is 7.55. The van der Waals surface area contributed by atoms with Gasteiger partial charge in [0, 0.05) is 0 Å². The third kappa shape index (κ3) is 4.00. The van der Waals surface area contributed by atoms with Gasteiger partial charge in [0.15, 0.2) is 0 Å². The molecule has 0 saturated heterocycles. The molecule has 0 heterocycles. The monoisotopic (exact) mass is 320 g/mol. The summed E-state index contributed by atoms with van der Waals surface area (Å²) in [6.45, 7) is 2.19. The van der Waals surface area contributed by atoms with Gasteiger partial charge < -0.3 is 4.74 Å². The summed E-state index contributed by atoms with van der Waals surface area (Å²) in [6.07, 6.45) is 0.957. The van der Waals surface area contributed by atoms with Crippen LogP contribution in [-0.4, -0.2) is 7.11 Å². The summed E-state index contributed by atoms with van der Waals surface area (Å²) in [5.74, 6) is 0.906. The molecule has 0 aromatic heterocycles. The van der Waals surface area contributed by atoms with Crippen LogP contribution in [0.3, 0.4) is 0 Å². The van der Waals surface area contributed by atoms with Gasteiger partial charge in [-0.2, -0.15) is 0 Å². The lowest BCUT2D eigenvalue weighted by Gasteiger charge is -2.12. The molecule has 0 radical (unpaired) electrons. The Morgan fingerprint density at radius 2 is 1.43 bits per heavy atom. The smallest absolute Gasteiger partial charge is 0.118 e. The number of rotatable bonds is 5. The molecule has 116 valence electrons. The first kappa shape index (κ1) is 15.8. The van der Waals surface area contributed by atoms with Crippen molar-refractivity contribution < 1.29 is 4.74 Å². The minimum absolute atomic E-state index is 0.699. The Kier molecular flexibility index (Phi) is 5.10. The largest absolute Gasteiger partial charge is 0.497 e. The molecule has 23 heavy (non-hydrogen) atoms. The number of hydrogen-bond donors (Lipinski definition) is 0. The molecule has 0 amide bonds. The summed E-state index contributed by atoms with van der Waals surface area (Å²) in [7, 11) is 2.40. The normalized spacial score (nSPS) is 11.0. The highest BCUT2D eigenvalue weighted by atomic mass is 31.1. The van der Waals surface area contributed by atoms with Crippen LogP contribution in [0.25, 0.3) is 0 Å². The first-order chi connectivity index (χ1) is 11.3. The Balaban J connectivity index is 1.84. The van der Waals surface area contributed by atoms with Gasteiger partial charge >= 0.3 is 0 Å². The van der Waals surface area contributed by atoms with Crippen molar-refractivity contribution in [3.63, 3.8) is 0 Å². The maximum atomic E-state index is 5.24. The topological polar surface area (TPSA) is 9.23 Å². The average molecular weight is 320 g/mol. The minimum Gasteiger partial charge on any atom is -0.497 e. The fraction of sp³-hybridized carbons (Fsp3) is 0.143. The van der Waals surface area contributed by atoms with E-state index in [1.807, 2.05) is 12.1 Å². The lowest BCUT2D eigenvalue weighted by Crippen LogP contribution is -2.11. The molecule has 2 heteroatoms. The van der Waals surface area contributed by atoms with E-state index in [4.69, 9.17) is 4.74 Å². The first-order valence-electron chi connectivity index (χ1n) is 7.80. The van der Waals surface area contributed by atoms with Crippen LogP contribution >= 0.6 is 8.58 Å². The highest BCUT2D eigenvalue weighted by Crippen LogP contribution is 2.19. The summed E-state index contributed by atoms with van der Waals surface area (Å²) in [5, 5.41) is 2.85. The Morgan fingerprint density at radius 1 is 0.783 bits per heavy atom. The molecule has 1 atom stereocenters. The second-order valence-corrected chi connectivity index (χ2v) is 6.95. The Hall–Kier alpha value is -2.11. The van der Waals surface area contributed by atoms with Crippen LogP contribution in [0, 0.1) is 6.92 Å². The average Bonchev–Trinajstić information content (AvgIpc) is 2.59. The highest BCUT2D eigenvalue weighted by Gasteiger charge is 2.06. The number of aryl methyl sites for hydroxylation is 1. The molecule has 0 aliphatic heterocycles. The van der Waals surface area contributed by atoms with Gasteiger partial charge in [-0.25, -0.2) is 0 Å². The second kappa shape index (κ2) is 7.44. The van der Waals surface area contributed by atoms with Crippen molar-refractivity contribution in [2.75, 3.05) is 7.11 Å². The molecule has 3 rings (SSSR count). The van der Waals surface area contributed by atoms with Crippen LogP contribution in [0.1, 0.15) is 16.7 Å². The predicted octanol–water partition coefficient (Wildman–Crippen LogP) is 4.22. The van der Waals surface area contributed by atoms with Gasteiger partial charge in [-0.05, 0) is 52.8 Å². The molecule has 0 aliphatic carbocycles. The molecule has 0 fully saturated rings. The standard InChI is InChI=1S/C21H21OP/c1-16-7-3-5-9-20(16)23-21-10-6-4-8-18(21)15-17-11-13-19(22-2)14-12-17/h3-14,23H,15H2,1-2H3. The van der Waals surface area contributed by atoms with E-state index in [0.717, 1.165) is 12.2 Å². The van der Waals surface area contributed by atoms with Crippen molar-refractivity contribution >= 4 is 19.2 Å². The van der Waals surface area contributed by atoms with E-state index in [2.05, 4.69) is 67.6 Å². The van der Waals surface area contributed by atoms with Crippen molar-refractivity contribution in [2.24, 2.45) is 0 Å². The van der Waals surface area contributed by atoms with Crippen molar-refractivity contribution in [3.05, 3.63) is 89.5 Å². The number of hydrogen-bond acceptors (Lipinski definition) is 1. The molecule has 0 bridgehead atoms. The van der Waals surface area contributed by atoms with E-state index in [1.54, 1.807) is 7.11 Å². The van der Waals surface area contributed by atoms with Crippen LogP contribution in [0.15, 0.2) is 72.8 Å². The Bertz CT molecular complexity index is 778. The molecular weight excluding hydrogens is 299 g/mol. The van der Waals surface area contributed by atoms with Crippen molar-refractivity contribution in [1.82, 2.24) is 0 Å². The van der Waals surface area contributed by atoms with Gasteiger partial charge in [-0.3, -0.25) is 0 Å². The van der Waals surface area contributed by atoms with E-state index in [1.165, 1.54) is 27.3 Å². The summed E-state index contributed by atoms with van der Waals surface area (Å²) in [5.41, 5.74) is 4.08. The van der Waals surface area contributed by atoms with Crippen LogP contribution in [-0.2, 0) is 6.42 Å². The lowest BCUT2D eigenvalue weighted by molar-refractivity contribution is 0.414. The van der Waals surface area contributed by atoms with Crippen molar-refractivity contribution in [3.8, 4) is 5.75 Å². The fourth-order valence-corrected chi connectivity index (χ4v) is 3.88. The summed E-state index contributed by atoms with van der Waals surface area (Å²) >= 11 is 0.